The Balaban J connectivity index is 0.00000109. The second kappa shape index (κ2) is 10.9. The van der Waals surface area contributed by atoms with Gasteiger partial charge in [-0.2, -0.15) is 0 Å². The molecule has 2 aliphatic rings. The number of hydrogen-bond acceptors (Lipinski definition) is 5. The maximum Gasteiger partial charge on any atom is 0.141 e. The summed E-state index contributed by atoms with van der Waals surface area (Å²) in [4.78, 5) is 12.1. The highest BCUT2D eigenvalue weighted by molar-refractivity contribution is 7.99. The number of rotatable bonds is 6. The zero-order valence-corrected chi connectivity index (χ0v) is 18.7. The van der Waals surface area contributed by atoms with Crippen molar-refractivity contribution in [2.75, 3.05) is 43.4 Å². The molecule has 3 heterocycles. The van der Waals surface area contributed by atoms with Crippen LogP contribution in [0.3, 0.4) is 0 Å². The van der Waals surface area contributed by atoms with Gasteiger partial charge in [0.2, 0.25) is 0 Å². The number of likely N-dealkylation sites (tertiary alicyclic amines) is 1. The van der Waals surface area contributed by atoms with Gasteiger partial charge in [-0.15, -0.1) is 23.1 Å². The van der Waals surface area contributed by atoms with E-state index in [1.54, 1.807) is 11.3 Å². The SMILES string of the molecule is CC.NC(=Nc1ccc2c(c1)SCCN2CCCN1CCCC1)c1cccs1. The van der Waals surface area contributed by atoms with Gasteiger partial charge in [0.05, 0.1) is 16.3 Å². The zero-order valence-electron chi connectivity index (χ0n) is 17.1. The lowest BCUT2D eigenvalue weighted by Gasteiger charge is -2.31. The van der Waals surface area contributed by atoms with E-state index in [1.807, 2.05) is 43.1 Å². The molecule has 0 spiro atoms. The van der Waals surface area contributed by atoms with Crippen LogP contribution in [0, 0.1) is 0 Å². The van der Waals surface area contributed by atoms with Gasteiger partial charge < -0.3 is 15.5 Å². The van der Waals surface area contributed by atoms with Crippen LogP contribution >= 0.6 is 23.1 Å². The summed E-state index contributed by atoms with van der Waals surface area (Å²) in [6.07, 6.45) is 4.00. The molecular weight excluding hydrogens is 384 g/mol. The lowest BCUT2D eigenvalue weighted by Crippen LogP contribution is -2.32. The topological polar surface area (TPSA) is 44.9 Å². The number of thiophene rings is 1. The Bertz CT molecular complexity index is 752. The van der Waals surface area contributed by atoms with E-state index in [1.165, 1.54) is 49.5 Å². The molecule has 0 saturated carbocycles. The van der Waals surface area contributed by atoms with Gasteiger partial charge in [-0.3, -0.25) is 0 Å². The van der Waals surface area contributed by atoms with E-state index in [0.717, 1.165) is 29.4 Å². The molecule has 1 aromatic carbocycles. The molecule has 1 fully saturated rings. The number of nitrogens with zero attached hydrogens (tertiary/aromatic N) is 3. The summed E-state index contributed by atoms with van der Waals surface area (Å²) in [6.45, 7) is 10.1. The van der Waals surface area contributed by atoms with E-state index in [4.69, 9.17) is 5.73 Å². The second-order valence-electron chi connectivity index (χ2n) is 6.86. The van der Waals surface area contributed by atoms with E-state index >= 15 is 0 Å². The first kappa shape index (κ1) is 21.2. The predicted octanol–water partition coefficient (Wildman–Crippen LogP) is 5.21. The first-order valence-corrected chi connectivity index (χ1v) is 12.3. The molecule has 2 aliphatic heterocycles. The Labute approximate surface area is 177 Å². The van der Waals surface area contributed by atoms with Crippen LogP contribution in [0.15, 0.2) is 45.6 Å². The molecule has 6 heteroatoms. The van der Waals surface area contributed by atoms with Gasteiger partial charge in [-0.1, -0.05) is 19.9 Å². The van der Waals surface area contributed by atoms with Gasteiger partial charge in [0.15, 0.2) is 0 Å². The van der Waals surface area contributed by atoms with Crippen molar-refractivity contribution in [3.05, 3.63) is 40.6 Å². The molecular formula is C22H32N4S2. The number of benzene rings is 1. The Kier molecular flexibility index (Phi) is 8.25. The van der Waals surface area contributed by atoms with E-state index < -0.39 is 0 Å². The largest absolute Gasteiger partial charge is 0.383 e. The van der Waals surface area contributed by atoms with Gasteiger partial charge in [0, 0.05) is 23.7 Å². The molecule has 2 N–H and O–H groups in total. The second-order valence-corrected chi connectivity index (χ2v) is 8.95. The molecule has 0 bridgehead atoms. The van der Waals surface area contributed by atoms with Crippen LogP contribution < -0.4 is 10.6 Å². The minimum atomic E-state index is 0.600. The van der Waals surface area contributed by atoms with E-state index in [2.05, 4.69) is 33.0 Å². The van der Waals surface area contributed by atoms with Gasteiger partial charge in [-0.25, -0.2) is 4.99 Å². The minimum Gasteiger partial charge on any atom is -0.383 e. The Hall–Kier alpha value is -1.50. The van der Waals surface area contributed by atoms with Crippen molar-refractivity contribution in [3.8, 4) is 0 Å². The predicted molar refractivity (Wildman–Crippen MR) is 126 cm³/mol. The van der Waals surface area contributed by atoms with Crippen molar-refractivity contribution in [1.29, 1.82) is 0 Å². The molecule has 1 saturated heterocycles. The molecule has 2 aromatic rings. The molecule has 0 atom stereocenters. The average molecular weight is 417 g/mol. The third-order valence-electron chi connectivity index (χ3n) is 5.03. The first-order chi connectivity index (χ1) is 13.8. The average Bonchev–Trinajstić information content (AvgIpc) is 3.44. The summed E-state index contributed by atoms with van der Waals surface area (Å²) in [5.74, 6) is 1.74. The van der Waals surface area contributed by atoms with Crippen molar-refractivity contribution >= 4 is 40.3 Å². The summed E-state index contributed by atoms with van der Waals surface area (Å²) in [5, 5.41) is 2.03. The maximum atomic E-state index is 6.14. The summed E-state index contributed by atoms with van der Waals surface area (Å²) in [6, 6.07) is 10.5. The van der Waals surface area contributed by atoms with Crippen molar-refractivity contribution in [3.63, 3.8) is 0 Å². The Morgan fingerprint density at radius 1 is 1.11 bits per heavy atom. The van der Waals surface area contributed by atoms with Crippen molar-refractivity contribution in [2.24, 2.45) is 10.7 Å². The molecule has 1 aromatic heterocycles. The number of anilines is 1. The molecule has 28 heavy (non-hydrogen) atoms. The van der Waals surface area contributed by atoms with Crippen LogP contribution in [0.5, 0.6) is 0 Å². The number of aliphatic imine (C=N–C) groups is 1. The molecule has 4 nitrogen and oxygen atoms in total. The fraction of sp³-hybridized carbons (Fsp3) is 0.500. The number of thioether (sulfide) groups is 1. The fourth-order valence-electron chi connectivity index (χ4n) is 3.68. The zero-order chi connectivity index (χ0) is 19.8. The smallest absolute Gasteiger partial charge is 0.141 e. The van der Waals surface area contributed by atoms with E-state index in [9.17, 15) is 0 Å². The van der Waals surface area contributed by atoms with Crippen LogP contribution in [0.1, 0.15) is 38.0 Å². The highest BCUT2D eigenvalue weighted by Gasteiger charge is 2.18. The third kappa shape index (κ3) is 5.52. The summed E-state index contributed by atoms with van der Waals surface area (Å²) in [7, 11) is 0. The minimum absolute atomic E-state index is 0.600. The van der Waals surface area contributed by atoms with Gasteiger partial charge in [0.25, 0.3) is 0 Å². The first-order valence-electron chi connectivity index (χ1n) is 10.4. The monoisotopic (exact) mass is 416 g/mol. The van der Waals surface area contributed by atoms with Gasteiger partial charge in [-0.05, 0) is 68.5 Å². The van der Waals surface area contributed by atoms with Crippen LogP contribution in [0.25, 0.3) is 0 Å². The molecule has 4 rings (SSSR count). The van der Waals surface area contributed by atoms with E-state index in [-0.39, 0.29) is 0 Å². The lowest BCUT2D eigenvalue weighted by molar-refractivity contribution is 0.334. The molecule has 0 unspecified atom stereocenters. The molecule has 152 valence electrons. The number of nitrogens with two attached hydrogens (primary N) is 1. The van der Waals surface area contributed by atoms with Crippen molar-refractivity contribution < 1.29 is 0 Å². The quantitative estimate of drug-likeness (QED) is 0.519. The molecule has 0 amide bonds. The highest BCUT2D eigenvalue weighted by Crippen LogP contribution is 2.37. The maximum absolute atomic E-state index is 6.14. The van der Waals surface area contributed by atoms with Crippen molar-refractivity contribution in [2.45, 2.75) is 38.0 Å². The van der Waals surface area contributed by atoms with Crippen LogP contribution in [-0.4, -0.2) is 49.2 Å². The van der Waals surface area contributed by atoms with Gasteiger partial charge in [0.1, 0.15) is 5.84 Å². The Morgan fingerprint density at radius 3 is 2.68 bits per heavy atom. The number of fused-ring (bicyclic) bond motifs is 1. The summed E-state index contributed by atoms with van der Waals surface area (Å²) in [5.41, 5.74) is 8.44. The normalized spacial score (nSPS) is 17.2. The van der Waals surface area contributed by atoms with Crippen LogP contribution in [0.2, 0.25) is 0 Å². The summed E-state index contributed by atoms with van der Waals surface area (Å²) >= 11 is 3.56. The fourth-order valence-corrected chi connectivity index (χ4v) is 5.39. The highest BCUT2D eigenvalue weighted by atomic mass is 32.2. The number of amidine groups is 1. The van der Waals surface area contributed by atoms with Crippen LogP contribution in [0.4, 0.5) is 11.4 Å². The standard InChI is InChI=1S/C20H26N4S2.C2H6/c21-20(18-5-3-13-25-18)22-16-6-7-17-19(15-16)26-14-12-24(17)11-4-10-23-8-1-2-9-23;1-2/h3,5-7,13,15H,1-2,4,8-12,14H2,(H2,21,22);1-2H3. The Morgan fingerprint density at radius 2 is 1.93 bits per heavy atom. The molecule has 0 radical (unpaired) electrons. The lowest BCUT2D eigenvalue weighted by atomic mass is 10.2. The third-order valence-corrected chi connectivity index (χ3v) is 6.94. The van der Waals surface area contributed by atoms with E-state index in [0.29, 0.717) is 5.84 Å². The van der Waals surface area contributed by atoms with Crippen LogP contribution in [-0.2, 0) is 0 Å². The van der Waals surface area contributed by atoms with Gasteiger partial charge >= 0.3 is 0 Å². The summed E-state index contributed by atoms with van der Waals surface area (Å²) < 4.78 is 0. The number of hydrogen-bond donors (Lipinski definition) is 1. The molecule has 0 aliphatic carbocycles. The van der Waals surface area contributed by atoms with Crippen molar-refractivity contribution in [1.82, 2.24) is 4.90 Å².